The third-order valence-corrected chi connectivity index (χ3v) is 6.94. The molecule has 190 valence electrons. The molecular formula is C24H30F3N5O3. The van der Waals surface area contributed by atoms with Gasteiger partial charge in [-0.05, 0) is 62.1 Å². The van der Waals surface area contributed by atoms with Gasteiger partial charge in [0, 0.05) is 29.0 Å². The van der Waals surface area contributed by atoms with Crippen LogP contribution in [0.25, 0.3) is 5.69 Å². The van der Waals surface area contributed by atoms with Gasteiger partial charge in [-0.2, -0.15) is 18.3 Å². The van der Waals surface area contributed by atoms with E-state index < -0.39 is 23.7 Å². The first-order chi connectivity index (χ1) is 16.4. The number of benzene rings is 1. The lowest BCUT2D eigenvalue weighted by molar-refractivity contribution is -0.142. The number of primary amides is 1. The molecule has 0 radical (unpaired) electrons. The number of aromatic nitrogens is 2. The number of aliphatic carboxylic acids is 1. The predicted octanol–water partition coefficient (Wildman–Crippen LogP) is 3.51. The molecule has 1 heterocycles. The van der Waals surface area contributed by atoms with Gasteiger partial charge in [-0.3, -0.25) is 9.59 Å². The van der Waals surface area contributed by atoms with Crippen molar-refractivity contribution in [1.29, 1.82) is 0 Å². The summed E-state index contributed by atoms with van der Waals surface area (Å²) in [5.74, 6) is -1.64. The SMILES string of the molecule is CC1(C)CCc2c(C(F)(F)F)nn(-c3ccc(C(N)=O)c(NC4CCCC4NCC(=O)O)c3)c2C1. The molecule has 1 saturated carbocycles. The lowest BCUT2D eigenvalue weighted by Gasteiger charge is -2.30. The highest BCUT2D eigenvalue weighted by Crippen LogP contribution is 2.42. The van der Waals surface area contributed by atoms with Crippen LogP contribution >= 0.6 is 0 Å². The third kappa shape index (κ3) is 5.29. The maximum absolute atomic E-state index is 13.8. The highest BCUT2D eigenvalue weighted by atomic mass is 19.4. The molecule has 1 fully saturated rings. The molecule has 0 bridgehead atoms. The lowest BCUT2D eigenvalue weighted by Crippen LogP contribution is -2.42. The molecule has 8 nitrogen and oxygen atoms in total. The summed E-state index contributed by atoms with van der Waals surface area (Å²) in [4.78, 5) is 23.1. The number of fused-ring (bicyclic) bond motifs is 1. The second kappa shape index (κ2) is 9.18. The highest BCUT2D eigenvalue weighted by molar-refractivity contribution is 5.99. The molecule has 11 heteroatoms. The maximum atomic E-state index is 13.8. The number of carboxylic acid groups (broad SMARTS) is 1. The Morgan fingerprint density at radius 1 is 1.26 bits per heavy atom. The monoisotopic (exact) mass is 493 g/mol. The Morgan fingerprint density at radius 3 is 2.63 bits per heavy atom. The van der Waals surface area contributed by atoms with E-state index in [9.17, 15) is 22.8 Å². The summed E-state index contributed by atoms with van der Waals surface area (Å²) < 4.78 is 42.7. The second-order valence-electron chi connectivity index (χ2n) is 10.2. The smallest absolute Gasteiger partial charge is 0.435 e. The summed E-state index contributed by atoms with van der Waals surface area (Å²) in [5.41, 5.74) is 6.26. The van der Waals surface area contributed by atoms with E-state index in [1.54, 1.807) is 12.1 Å². The van der Waals surface area contributed by atoms with E-state index in [0.717, 1.165) is 19.3 Å². The van der Waals surface area contributed by atoms with E-state index in [-0.39, 0.29) is 35.2 Å². The first-order valence-corrected chi connectivity index (χ1v) is 11.7. The van der Waals surface area contributed by atoms with Crippen molar-refractivity contribution in [2.45, 2.75) is 70.6 Å². The number of halogens is 3. The van der Waals surface area contributed by atoms with E-state index in [1.807, 2.05) is 13.8 Å². The lowest BCUT2D eigenvalue weighted by atomic mass is 9.76. The molecule has 4 rings (SSSR count). The van der Waals surface area contributed by atoms with Gasteiger partial charge in [-0.25, -0.2) is 4.68 Å². The van der Waals surface area contributed by atoms with Gasteiger partial charge >= 0.3 is 12.1 Å². The van der Waals surface area contributed by atoms with Crippen molar-refractivity contribution in [3.8, 4) is 5.69 Å². The van der Waals surface area contributed by atoms with Gasteiger partial charge in [-0.15, -0.1) is 0 Å². The van der Waals surface area contributed by atoms with Gasteiger partial charge in [-0.1, -0.05) is 13.8 Å². The number of hydrogen-bond donors (Lipinski definition) is 4. The highest BCUT2D eigenvalue weighted by Gasteiger charge is 2.42. The first-order valence-electron chi connectivity index (χ1n) is 11.7. The van der Waals surface area contributed by atoms with Crippen LogP contribution in [0.4, 0.5) is 18.9 Å². The van der Waals surface area contributed by atoms with Crippen LogP contribution in [0.1, 0.15) is 66.8 Å². The summed E-state index contributed by atoms with van der Waals surface area (Å²) in [6.07, 6.45) is -0.851. The van der Waals surface area contributed by atoms with Crippen LogP contribution in [-0.4, -0.2) is 45.4 Å². The molecule has 2 aliphatic rings. The van der Waals surface area contributed by atoms with Gasteiger partial charge in [0.1, 0.15) is 0 Å². The number of anilines is 1. The summed E-state index contributed by atoms with van der Waals surface area (Å²) in [6.45, 7) is 3.85. The summed E-state index contributed by atoms with van der Waals surface area (Å²) >= 11 is 0. The fourth-order valence-corrected chi connectivity index (χ4v) is 5.17. The molecule has 1 aromatic carbocycles. The van der Waals surface area contributed by atoms with Crippen LogP contribution in [0.2, 0.25) is 0 Å². The van der Waals surface area contributed by atoms with Crippen molar-refractivity contribution < 1.29 is 27.9 Å². The van der Waals surface area contributed by atoms with Gasteiger partial charge in [0.25, 0.3) is 5.91 Å². The first kappa shape index (κ1) is 25.0. The summed E-state index contributed by atoms with van der Waals surface area (Å²) in [7, 11) is 0. The zero-order chi connectivity index (χ0) is 25.5. The van der Waals surface area contributed by atoms with Gasteiger partial charge in [0.15, 0.2) is 5.69 Å². The number of nitrogens with zero attached hydrogens (tertiary/aromatic N) is 2. The molecule has 1 aromatic heterocycles. The van der Waals surface area contributed by atoms with Crippen LogP contribution in [0.5, 0.6) is 0 Å². The zero-order valence-electron chi connectivity index (χ0n) is 19.7. The average molecular weight is 494 g/mol. The zero-order valence-corrected chi connectivity index (χ0v) is 19.7. The molecule has 0 aliphatic heterocycles. The van der Waals surface area contributed by atoms with Gasteiger partial charge < -0.3 is 21.5 Å². The molecule has 35 heavy (non-hydrogen) atoms. The minimum absolute atomic E-state index is 0.134. The normalized spacial score (nSPS) is 21.5. The quantitative estimate of drug-likeness (QED) is 0.468. The van der Waals surface area contributed by atoms with E-state index in [4.69, 9.17) is 10.8 Å². The number of carbonyl (C=O) groups is 2. The number of hydrogen-bond acceptors (Lipinski definition) is 5. The molecule has 2 unspecified atom stereocenters. The predicted molar refractivity (Wildman–Crippen MR) is 124 cm³/mol. The number of carboxylic acids is 1. The number of carbonyl (C=O) groups excluding carboxylic acids is 1. The molecule has 5 N–H and O–H groups in total. The second-order valence-corrected chi connectivity index (χ2v) is 10.2. The van der Waals surface area contributed by atoms with Gasteiger partial charge in [0.2, 0.25) is 0 Å². The maximum Gasteiger partial charge on any atom is 0.435 e. The Kier molecular flexibility index (Phi) is 6.56. The Balaban J connectivity index is 1.73. The van der Waals surface area contributed by atoms with Crippen LogP contribution in [0.3, 0.4) is 0 Å². The van der Waals surface area contributed by atoms with Crippen molar-refractivity contribution in [3.63, 3.8) is 0 Å². The topological polar surface area (TPSA) is 122 Å². The van der Waals surface area contributed by atoms with E-state index >= 15 is 0 Å². The number of amides is 1. The van der Waals surface area contributed by atoms with Crippen molar-refractivity contribution in [2.75, 3.05) is 11.9 Å². The molecule has 0 saturated heterocycles. The Bertz CT molecular complexity index is 1140. The minimum Gasteiger partial charge on any atom is -0.480 e. The molecular weight excluding hydrogens is 463 g/mol. The Hall–Kier alpha value is -3.08. The van der Waals surface area contributed by atoms with Crippen molar-refractivity contribution >= 4 is 17.6 Å². The number of nitrogens with one attached hydrogen (secondary N) is 2. The Labute approximate surface area is 201 Å². The third-order valence-electron chi connectivity index (χ3n) is 6.94. The average Bonchev–Trinajstić information content (AvgIpc) is 3.35. The van der Waals surface area contributed by atoms with E-state index in [1.165, 1.54) is 10.7 Å². The summed E-state index contributed by atoms with van der Waals surface area (Å²) in [5, 5.41) is 19.3. The van der Waals surface area contributed by atoms with Crippen LogP contribution in [0, 0.1) is 5.41 Å². The summed E-state index contributed by atoms with van der Waals surface area (Å²) in [6, 6.07) is 4.34. The van der Waals surface area contributed by atoms with Crippen molar-refractivity contribution in [3.05, 3.63) is 40.7 Å². The molecule has 2 aromatic rings. The van der Waals surface area contributed by atoms with Crippen molar-refractivity contribution in [2.24, 2.45) is 11.1 Å². The number of rotatable bonds is 7. The van der Waals surface area contributed by atoms with Gasteiger partial charge in [0.05, 0.1) is 17.8 Å². The van der Waals surface area contributed by atoms with Crippen LogP contribution in [0.15, 0.2) is 18.2 Å². The van der Waals surface area contributed by atoms with Crippen LogP contribution in [-0.2, 0) is 23.8 Å². The molecule has 2 atom stereocenters. The fourth-order valence-electron chi connectivity index (χ4n) is 5.17. The molecule has 1 amide bonds. The van der Waals surface area contributed by atoms with E-state index in [2.05, 4.69) is 15.7 Å². The Morgan fingerprint density at radius 2 is 1.97 bits per heavy atom. The fraction of sp³-hybridized carbons (Fsp3) is 0.542. The largest absolute Gasteiger partial charge is 0.480 e. The number of alkyl halides is 3. The number of nitrogens with two attached hydrogens (primary N) is 1. The minimum atomic E-state index is -4.57. The van der Waals surface area contributed by atoms with Crippen LogP contribution < -0.4 is 16.4 Å². The molecule has 2 aliphatic carbocycles. The standard InChI is InChI=1S/C24H30F3N5O3/c1-23(2)9-8-15-19(11-23)32(31-21(15)24(25,26)27)13-6-7-14(22(28)35)18(10-13)30-17-5-3-4-16(17)29-12-20(33)34/h6-7,10,16-17,29-30H,3-5,8-9,11-12H2,1-2H3,(H2,28,35)(H,33,34). The van der Waals surface area contributed by atoms with Crippen molar-refractivity contribution in [1.82, 2.24) is 15.1 Å². The van der Waals surface area contributed by atoms with E-state index in [0.29, 0.717) is 36.3 Å². The molecule has 0 spiro atoms.